The predicted molar refractivity (Wildman–Crippen MR) is 29.7 cm³/mol. The second-order valence-electron chi connectivity index (χ2n) is 1.78. The fourth-order valence-corrected chi connectivity index (χ4v) is 0.700. The lowest BCUT2D eigenvalue weighted by atomic mass is 9.98. The Labute approximate surface area is 51.8 Å². The lowest BCUT2D eigenvalue weighted by molar-refractivity contribution is -0.128. The molecule has 0 heterocycles. The average Bonchev–Trinajstić information content (AvgIpc) is 1.89. The summed E-state index contributed by atoms with van der Waals surface area (Å²) in [6.45, 7) is 0. The van der Waals surface area contributed by atoms with Gasteiger partial charge >= 0.3 is 0 Å². The van der Waals surface area contributed by atoms with E-state index in [1.165, 1.54) is 7.05 Å². The van der Waals surface area contributed by atoms with Gasteiger partial charge in [0.2, 0.25) is 5.78 Å². The summed E-state index contributed by atoms with van der Waals surface area (Å²) in [4.78, 5) is 10.3. The van der Waals surface area contributed by atoms with Gasteiger partial charge < -0.3 is 15.5 Å². The molecule has 0 bridgehead atoms. The number of likely N-dealkylation sites (N-methyl/N-ethyl adjacent to an activating group) is 1. The summed E-state index contributed by atoms with van der Waals surface area (Å²) in [5.41, 5.74) is 0.208. The molecule has 0 aliphatic heterocycles. The average molecular weight is 129 g/mol. The van der Waals surface area contributed by atoms with E-state index in [-0.39, 0.29) is 11.5 Å². The molecule has 9 heavy (non-hydrogen) atoms. The molecule has 0 saturated heterocycles. The third-order valence-electron chi connectivity index (χ3n) is 1.28. The second kappa shape index (κ2) is 1.73. The number of Topliss-reactive ketones (excluding diaryl/α,β-unsaturated/α-hetero) is 1. The van der Waals surface area contributed by atoms with Crippen molar-refractivity contribution in [2.45, 2.75) is 6.10 Å². The Morgan fingerprint density at radius 2 is 2.22 bits per heavy atom. The Morgan fingerprint density at radius 3 is 2.44 bits per heavy atom. The molecule has 0 spiro atoms. The first-order chi connectivity index (χ1) is 4.18. The lowest BCUT2D eigenvalue weighted by Gasteiger charge is -2.22. The highest BCUT2D eigenvalue weighted by molar-refractivity contribution is 6.06. The zero-order chi connectivity index (χ0) is 7.02. The quantitative estimate of drug-likeness (QED) is 0.421. The molecular formula is C5H7NO3. The monoisotopic (exact) mass is 129 g/mol. The zero-order valence-corrected chi connectivity index (χ0v) is 4.88. The second-order valence-corrected chi connectivity index (χ2v) is 1.78. The van der Waals surface area contributed by atoms with Crippen molar-refractivity contribution < 1.29 is 15.0 Å². The topological polar surface area (TPSA) is 69.6 Å². The van der Waals surface area contributed by atoms with E-state index in [4.69, 9.17) is 10.2 Å². The normalized spacial score (nSPS) is 26.0. The number of rotatable bonds is 1. The number of ketones is 1. The molecule has 1 aliphatic rings. The highest BCUT2D eigenvalue weighted by Gasteiger charge is 2.37. The summed E-state index contributed by atoms with van der Waals surface area (Å²) in [6.07, 6.45) is -1.13. The maximum Gasteiger partial charge on any atom is 0.233 e. The third-order valence-corrected chi connectivity index (χ3v) is 1.28. The number of nitrogens with one attached hydrogen (secondary N) is 1. The van der Waals surface area contributed by atoms with Gasteiger partial charge in [0.05, 0.1) is 5.70 Å². The summed E-state index contributed by atoms with van der Waals surface area (Å²) in [6, 6.07) is 0. The van der Waals surface area contributed by atoms with Crippen molar-refractivity contribution in [2.24, 2.45) is 0 Å². The Balaban J connectivity index is 2.83. The van der Waals surface area contributed by atoms with Crippen LogP contribution in [0.3, 0.4) is 0 Å². The van der Waals surface area contributed by atoms with Crippen molar-refractivity contribution in [1.29, 1.82) is 0 Å². The van der Waals surface area contributed by atoms with E-state index in [1.807, 2.05) is 0 Å². The largest absolute Gasteiger partial charge is 0.503 e. The first-order valence-electron chi connectivity index (χ1n) is 2.51. The Hall–Kier alpha value is -1.03. The van der Waals surface area contributed by atoms with Crippen LogP contribution in [-0.4, -0.2) is 29.1 Å². The van der Waals surface area contributed by atoms with Crippen LogP contribution in [0.5, 0.6) is 0 Å². The first-order valence-corrected chi connectivity index (χ1v) is 2.51. The van der Waals surface area contributed by atoms with Crippen LogP contribution >= 0.6 is 0 Å². The molecule has 0 saturated carbocycles. The highest BCUT2D eigenvalue weighted by Crippen LogP contribution is 2.18. The molecule has 0 radical (unpaired) electrons. The van der Waals surface area contributed by atoms with E-state index in [2.05, 4.69) is 5.32 Å². The van der Waals surface area contributed by atoms with Crippen LogP contribution in [-0.2, 0) is 4.79 Å². The van der Waals surface area contributed by atoms with E-state index >= 15 is 0 Å². The van der Waals surface area contributed by atoms with E-state index in [0.717, 1.165) is 0 Å². The molecule has 4 heteroatoms. The maximum atomic E-state index is 10.3. The van der Waals surface area contributed by atoms with Crippen LogP contribution in [0.25, 0.3) is 0 Å². The molecule has 3 N–H and O–H groups in total. The van der Waals surface area contributed by atoms with Crippen LogP contribution in [0.4, 0.5) is 0 Å². The maximum absolute atomic E-state index is 10.3. The molecule has 1 atom stereocenters. The molecule has 1 aliphatic carbocycles. The van der Waals surface area contributed by atoms with Crippen molar-refractivity contribution in [2.75, 3.05) is 7.05 Å². The van der Waals surface area contributed by atoms with E-state index in [9.17, 15) is 4.79 Å². The minimum atomic E-state index is -1.13. The molecule has 1 rings (SSSR count). The Morgan fingerprint density at radius 1 is 1.67 bits per heavy atom. The van der Waals surface area contributed by atoms with Gasteiger partial charge in [-0.1, -0.05) is 0 Å². The number of aliphatic hydroxyl groups is 2. The standard InChI is InChI=1S/C5H7NO3/c1-6-2-3(7)5(9)4(2)8/h3,6-8H,1H3. The highest BCUT2D eigenvalue weighted by atomic mass is 16.3. The number of hydrogen-bond acceptors (Lipinski definition) is 4. The zero-order valence-electron chi connectivity index (χ0n) is 4.88. The van der Waals surface area contributed by atoms with Crippen molar-refractivity contribution in [3.63, 3.8) is 0 Å². The van der Waals surface area contributed by atoms with Gasteiger partial charge in [0.1, 0.15) is 0 Å². The van der Waals surface area contributed by atoms with Gasteiger partial charge in [0.15, 0.2) is 11.9 Å². The summed E-state index contributed by atoms with van der Waals surface area (Å²) >= 11 is 0. The number of carbonyl (C=O) groups excluding carboxylic acids is 1. The summed E-state index contributed by atoms with van der Waals surface area (Å²) in [5, 5.41) is 19.9. The molecule has 0 aromatic carbocycles. The smallest absolute Gasteiger partial charge is 0.233 e. The number of aliphatic hydroxyl groups excluding tert-OH is 2. The molecule has 50 valence electrons. The van der Waals surface area contributed by atoms with Gasteiger partial charge in [0, 0.05) is 7.05 Å². The van der Waals surface area contributed by atoms with Gasteiger partial charge in [-0.15, -0.1) is 0 Å². The van der Waals surface area contributed by atoms with Gasteiger partial charge in [-0.3, -0.25) is 4.79 Å². The summed E-state index contributed by atoms with van der Waals surface area (Å²) in [7, 11) is 1.53. The first kappa shape index (κ1) is 6.10. The van der Waals surface area contributed by atoms with Crippen LogP contribution in [0.1, 0.15) is 0 Å². The third kappa shape index (κ3) is 0.598. The van der Waals surface area contributed by atoms with Crippen LogP contribution in [0.15, 0.2) is 11.5 Å². The molecule has 1 unspecified atom stereocenters. The molecule has 4 nitrogen and oxygen atoms in total. The van der Waals surface area contributed by atoms with Gasteiger partial charge in [-0.25, -0.2) is 0 Å². The van der Waals surface area contributed by atoms with Crippen molar-refractivity contribution in [1.82, 2.24) is 5.32 Å². The van der Waals surface area contributed by atoms with E-state index in [1.54, 1.807) is 0 Å². The van der Waals surface area contributed by atoms with Crippen LogP contribution in [0.2, 0.25) is 0 Å². The fraction of sp³-hybridized carbons (Fsp3) is 0.400. The van der Waals surface area contributed by atoms with Crippen molar-refractivity contribution >= 4 is 5.78 Å². The minimum absolute atomic E-state index is 0.208. The predicted octanol–water partition coefficient (Wildman–Crippen LogP) is -1.08. The van der Waals surface area contributed by atoms with E-state index < -0.39 is 11.9 Å². The number of carbonyl (C=O) groups is 1. The van der Waals surface area contributed by atoms with Crippen molar-refractivity contribution in [3.8, 4) is 0 Å². The molecule has 0 aromatic rings. The fourth-order valence-electron chi connectivity index (χ4n) is 0.700. The number of hydrogen-bond donors (Lipinski definition) is 3. The van der Waals surface area contributed by atoms with Crippen molar-refractivity contribution in [3.05, 3.63) is 11.5 Å². The molecule has 0 amide bonds. The summed E-state index contributed by atoms with van der Waals surface area (Å²) < 4.78 is 0. The Kier molecular flexibility index (Phi) is 1.17. The van der Waals surface area contributed by atoms with Gasteiger partial charge in [-0.2, -0.15) is 0 Å². The Bertz CT molecular complexity index is 185. The SMILES string of the molecule is CNC1=C(O)C(=O)C1O. The van der Waals surface area contributed by atoms with Crippen LogP contribution in [0, 0.1) is 0 Å². The molecule has 0 aromatic heterocycles. The van der Waals surface area contributed by atoms with Gasteiger partial charge in [0.25, 0.3) is 0 Å². The minimum Gasteiger partial charge on any atom is -0.503 e. The lowest BCUT2D eigenvalue weighted by Crippen LogP contribution is -2.41. The van der Waals surface area contributed by atoms with Gasteiger partial charge in [-0.05, 0) is 0 Å². The van der Waals surface area contributed by atoms with E-state index in [0.29, 0.717) is 0 Å². The molecule has 0 fully saturated rings. The molecular weight excluding hydrogens is 122 g/mol. The summed E-state index contributed by atoms with van der Waals surface area (Å²) in [5.74, 6) is -0.968. The van der Waals surface area contributed by atoms with Crippen LogP contribution < -0.4 is 5.32 Å².